The van der Waals surface area contributed by atoms with Crippen LogP contribution >= 0.6 is 0 Å². The molecule has 1 fully saturated rings. The highest BCUT2D eigenvalue weighted by atomic mass is 16.4. The number of amides is 2. The summed E-state index contributed by atoms with van der Waals surface area (Å²) < 4.78 is 5.83. The van der Waals surface area contributed by atoms with Gasteiger partial charge in [-0.3, -0.25) is 9.59 Å². The van der Waals surface area contributed by atoms with Crippen molar-refractivity contribution in [3.05, 3.63) is 72.2 Å². The molecule has 2 aromatic carbocycles. The van der Waals surface area contributed by atoms with Crippen molar-refractivity contribution in [1.82, 2.24) is 9.88 Å². The van der Waals surface area contributed by atoms with Gasteiger partial charge in [0.2, 0.25) is 11.8 Å². The Morgan fingerprint density at radius 3 is 2.68 bits per heavy atom. The fourth-order valence-corrected chi connectivity index (χ4v) is 3.83. The van der Waals surface area contributed by atoms with E-state index >= 15 is 0 Å². The molecule has 1 unspecified atom stereocenters. The maximum absolute atomic E-state index is 12.7. The Balaban J connectivity index is 1.29. The number of aryl methyl sites for hydroxylation is 2. The first kappa shape index (κ1) is 20.8. The fraction of sp³-hybridized carbons (Fsp3) is 0.320. The molecule has 1 aliphatic rings. The molecule has 3 aromatic rings. The molecule has 2 amide bonds. The highest BCUT2D eigenvalue weighted by Crippen LogP contribution is 2.23. The minimum Gasteiger partial charge on any atom is -0.441 e. The Morgan fingerprint density at radius 2 is 1.90 bits per heavy atom. The normalized spacial score (nSPS) is 16.2. The Kier molecular flexibility index (Phi) is 6.46. The van der Waals surface area contributed by atoms with Crippen LogP contribution in [0.2, 0.25) is 0 Å². The molecule has 2 heterocycles. The number of aromatic nitrogens is 1. The van der Waals surface area contributed by atoms with Gasteiger partial charge in [-0.25, -0.2) is 4.98 Å². The van der Waals surface area contributed by atoms with E-state index in [1.807, 2.05) is 61.5 Å². The first-order chi connectivity index (χ1) is 15.1. The van der Waals surface area contributed by atoms with E-state index in [1.54, 1.807) is 11.1 Å². The van der Waals surface area contributed by atoms with Crippen LogP contribution in [0.5, 0.6) is 0 Å². The van der Waals surface area contributed by atoms with Crippen molar-refractivity contribution >= 4 is 17.5 Å². The summed E-state index contributed by atoms with van der Waals surface area (Å²) in [5, 5.41) is 2.95. The third-order valence-electron chi connectivity index (χ3n) is 5.63. The second-order valence-electron chi connectivity index (χ2n) is 8.02. The van der Waals surface area contributed by atoms with Gasteiger partial charge in [-0.1, -0.05) is 48.0 Å². The van der Waals surface area contributed by atoms with Gasteiger partial charge in [0, 0.05) is 37.2 Å². The van der Waals surface area contributed by atoms with Gasteiger partial charge in [-0.05, 0) is 31.9 Å². The number of likely N-dealkylation sites (tertiary alicyclic amines) is 1. The van der Waals surface area contributed by atoms with Crippen molar-refractivity contribution < 1.29 is 14.0 Å². The van der Waals surface area contributed by atoms with E-state index < -0.39 is 0 Å². The number of carbonyl (C=O) groups excluding carboxylic acids is 2. The molecule has 1 atom stereocenters. The monoisotopic (exact) mass is 417 g/mol. The van der Waals surface area contributed by atoms with Crippen molar-refractivity contribution in [3.63, 3.8) is 0 Å². The molecule has 0 bridgehead atoms. The van der Waals surface area contributed by atoms with Crippen molar-refractivity contribution in [2.45, 2.75) is 32.6 Å². The van der Waals surface area contributed by atoms with Crippen LogP contribution in [0.3, 0.4) is 0 Å². The van der Waals surface area contributed by atoms with Crippen LogP contribution in [0.25, 0.3) is 11.3 Å². The largest absolute Gasteiger partial charge is 0.441 e. The molecule has 1 aliphatic heterocycles. The minimum absolute atomic E-state index is 0.0286. The zero-order chi connectivity index (χ0) is 21.6. The third kappa shape index (κ3) is 5.40. The maximum atomic E-state index is 12.7. The number of nitrogens with zero attached hydrogens (tertiary/aromatic N) is 2. The Hall–Kier alpha value is -3.41. The fourth-order valence-electron chi connectivity index (χ4n) is 3.83. The van der Waals surface area contributed by atoms with E-state index in [0.717, 1.165) is 24.1 Å². The summed E-state index contributed by atoms with van der Waals surface area (Å²) in [6.07, 6.45) is 4.09. The SMILES string of the molecule is Cc1ccc(-c2cnc(CCC(=O)N3CCCC(C(=O)Nc4ccccc4)C3)o2)cc1. The van der Waals surface area contributed by atoms with Gasteiger partial charge in [0.25, 0.3) is 0 Å². The summed E-state index contributed by atoms with van der Waals surface area (Å²) in [4.78, 5) is 31.5. The van der Waals surface area contributed by atoms with Crippen molar-refractivity contribution in [2.75, 3.05) is 18.4 Å². The topological polar surface area (TPSA) is 75.4 Å². The number of carbonyl (C=O) groups is 2. The van der Waals surface area contributed by atoms with Crippen molar-refractivity contribution in [1.29, 1.82) is 0 Å². The van der Waals surface area contributed by atoms with Gasteiger partial charge in [-0.15, -0.1) is 0 Å². The van der Waals surface area contributed by atoms with E-state index in [0.29, 0.717) is 37.6 Å². The zero-order valence-electron chi connectivity index (χ0n) is 17.7. The lowest BCUT2D eigenvalue weighted by molar-refractivity contribution is -0.134. The van der Waals surface area contributed by atoms with Crippen LogP contribution in [-0.4, -0.2) is 34.8 Å². The Labute approximate surface area is 182 Å². The summed E-state index contributed by atoms with van der Waals surface area (Å²) >= 11 is 0. The van der Waals surface area contributed by atoms with E-state index in [4.69, 9.17) is 4.42 Å². The lowest BCUT2D eigenvalue weighted by atomic mass is 9.96. The van der Waals surface area contributed by atoms with Crippen LogP contribution in [0.1, 0.15) is 30.7 Å². The molecular formula is C25H27N3O3. The minimum atomic E-state index is -0.187. The molecule has 0 radical (unpaired) electrons. The van der Waals surface area contributed by atoms with Gasteiger partial charge in [0.15, 0.2) is 11.7 Å². The molecule has 1 aromatic heterocycles. The quantitative estimate of drug-likeness (QED) is 0.643. The van der Waals surface area contributed by atoms with Crippen LogP contribution in [0.4, 0.5) is 5.69 Å². The van der Waals surface area contributed by atoms with Gasteiger partial charge in [0.1, 0.15) is 0 Å². The lowest BCUT2D eigenvalue weighted by Crippen LogP contribution is -2.43. The standard InChI is InChI=1S/C25H27N3O3/c1-18-9-11-19(12-10-18)22-16-26-23(31-22)13-14-24(29)28-15-5-6-20(17-28)25(30)27-21-7-3-2-4-8-21/h2-4,7-12,16,20H,5-6,13-15,17H2,1H3,(H,27,30). The Morgan fingerprint density at radius 1 is 1.13 bits per heavy atom. The molecule has 0 aliphatic carbocycles. The average Bonchev–Trinajstić information content (AvgIpc) is 3.28. The number of hydrogen-bond acceptors (Lipinski definition) is 4. The van der Waals surface area contributed by atoms with E-state index in [-0.39, 0.29) is 17.7 Å². The summed E-state index contributed by atoms with van der Waals surface area (Å²) in [5.41, 5.74) is 2.94. The van der Waals surface area contributed by atoms with Gasteiger partial charge < -0.3 is 14.6 Å². The van der Waals surface area contributed by atoms with Crippen molar-refractivity contribution in [3.8, 4) is 11.3 Å². The highest BCUT2D eigenvalue weighted by molar-refractivity contribution is 5.93. The predicted octanol–water partition coefficient (Wildman–Crippen LogP) is 4.46. The second kappa shape index (κ2) is 9.60. The maximum Gasteiger partial charge on any atom is 0.229 e. The summed E-state index contributed by atoms with van der Waals surface area (Å²) in [5.74, 6) is 1.08. The van der Waals surface area contributed by atoms with Gasteiger partial charge in [0.05, 0.1) is 12.1 Å². The zero-order valence-corrected chi connectivity index (χ0v) is 17.7. The number of piperidine rings is 1. The molecule has 0 spiro atoms. The van der Waals surface area contributed by atoms with Gasteiger partial charge in [-0.2, -0.15) is 0 Å². The molecule has 1 saturated heterocycles. The number of benzene rings is 2. The molecule has 31 heavy (non-hydrogen) atoms. The molecular weight excluding hydrogens is 390 g/mol. The number of rotatable bonds is 6. The van der Waals surface area contributed by atoms with Crippen molar-refractivity contribution in [2.24, 2.45) is 5.92 Å². The van der Waals surface area contributed by atoms with Crippen LogP contribution in [0.15, 0.2) is 65.2 Å². The molecule has 0 saturated carbocycles. The predicted molar refractivity (Wildman–Crippen MR) is 119 cm³/mol. The second-order valence-corrected chi connectivity index (χ2v) is 8.02. The molecule has 160 valence electrons. The van der Waals surface area contributed by atoms with E-state index in [2.05, 4.69) is 10.3 Å². The number of anilines is 1. The van der Waals surface area contributed by atoms with Crippen LogP contribution in [-0.2, 0) is 16.0 Å². The Bertz CT molecular complexity index is 1030. The number of oxazole rings is 1. The molecule has 6 heteroatoms. The number of para-hydroxylation sites is 1. The van der Waals surface area contributed by atoms with Gasteiger partial charge >= 0.3 is 0 Å². The van der Waals surface area contributed by atoms with E-state index in [9.17, 15) is 9.59 Å². The van der Waals surface area contributed by atoms with Crippen LogP contribution in [0, 0.1) is 12.8 Å². The summed E-state index contributed by atoms with van der Waals surface area (Å²) in [7, 11) is 0. The molecule has 4 rings (SSSR count). The lowest BCUT2D eigenvalue weighted by Gasteiger charge is -2.32. The summed E-state index contributed by atoms with van der Waals surface area (Å²) in [6.45, 7) is 3.18. The average molecular weight is 418 g/mol. The number of hydrogen-bond donors (Lipinski definition) is 1. The summed E-state index contributed by atoms with van der Waals surface area (Å²) in [6, 6.07) is 17.5. The molecule has 1 N–H and O–H groups in total. The van der Waals surface area contributed by atoms with Crippen LogP contribution < -0.4 is 5.32 Å². The third-order valence-corrected chi connectivity index (χ3v) is 5.63. The smallest absolute Gasteiger partial charge is 0.229 e. The van der Waals surface area contributed by atoms with E-state index in [1.165, 1.54) is 5.56 Å². The highest BCUT2D eigenvalue weighted by Gasteiger charge is 2.28. The first-order valence-corrected chi connectivity index (χ1v) is 10.7. The molecule has 6 nitrogen and oxygen atoms in total. The number of nitrogens with one attached hydrogen (secondary N) is 1. The first-order valence-electron chi connectivity index (χ1n) is 10.7.